The number of hydrogen-bond donors (Lipinski definition) is 1. The summed E-state index contributed by atoms with van der Waals surface area (Å²) in [6, 6.07) is 11.9. The van der Waals surface area contributed by atoms with E-state index in [1.807, 2.05) is 7.05 Å². The van der Waals surface area contributed by atoms with Crippen molar-refractivity contribution < 1.29 is 4.57 Å². The summed E-state index contributed by atoms with van der Waals surface area (Å²) in [4.78, 5) is 0. The second-order valence-corrected chi connectivity index (χ2v) is 18.0. The summed E-state index contributed by atoms with van der Waals surface area (Å²) >= 11 is 0. The maximum Gasteiger partial charge on any atom is 0.213 e. The minimum atomic E-state index is -1.56. The zero-order chi connectivity index (χ0) is 26.3. The van der Waals surface area contributed by atoms with E-state index in [1.54, 1.807) is 10.8 Å². The number of nitrogens with zero attached hydrogens (tertiary/aromatic N) is 1. The fraction of sp³-hybridized carbons (Fsp3) is 0.500. The van der Waals surface area contributed by atoms with Crippen LogP contribution in [0.1, 0.15) is 68.5 Å². The first-order valence-electron chi connectivity index (χ1n) is 14.6. The van der Waals surface area contributed by atoms with Crippen molar-refractivity contribution in [3.8, 4) is 11.3 Å². The van der Waals surface area contributed by atoms with Gasteiger partial charge in [0.15, 0.2) is 6.20 Å². The Morgan fingerprint density at radius 2 is 1.92 bits per heavy atom. The maximum absolute atomic E-state index is 4.55. The molecule has 1 aliphatic heterocycles. The van der Waals surface area contributed by atoms with Gasteiger partial charge in [0, 0.05) is 23.9 Å². The Morgan fingerprint density at radius 3 is 2.57 bits per heavy atom. The Labute approximate surface area is 226 Å². The molecule has 2 nitrogen and oxygen atoms in total. The number of fused-ring (bicyclic) bond motifs is 5. The van der Waals surface area contributed by atoms with Gasteiger partial charge in [-0.25, -0.2) is 0 Å². The zero-order valence-corrected chi connectivity index (χ0v) is 24.8. The first-order chi connectivity index (χ1) is 17.7. The quantitative estimate of drug-likeness (QED) is 0.210. The second-order valence-electron chi connectivity index (χ2n) is 13.0. The summed E-state index contributed by atoms with van der Waals surface area (Å²) in [6.07, 6.45) is 16.0. The third-order valence-electron chi connectivity index (χ3n) is 9.55. The van der Waals surface area contributed by atoms with Crippen molar-refractivity contribution in [3.63, 3.8) is 0 Å². The Kier molecular flexibility index (Phi) is 7.37. The van der Waals surface area contributed by atoms with E-state index in [2.05, 4.69) is 98.3 Å². The van der Waals surface area contributed by atoms with Gasteiger partial charge in [-0.05, 0) is 80.4 Å². The predicted molar refractivity (Wildman–Crippen MR) is 161 cm³/mol. The smallest absolute Gasteiger partial charge is 0.213 e. The third kappa shape index (κ3) is 5.04. The van der Waals surface area contributed by atoms with Gasteiger partial charge in [-0.1, -0.05) is 75.1 Å². The van der Waals surface area contributed by atoms with E-state index in [0.29, 0.717) is 5.92 Å². The van der Waals surface area contributed by atoms with Gasteiger partial charge in [0.05, 0.1) is 19.7 Å². The van der Waals surface area contributed by atoms with Crippen molar-refractivity contribution in [3.05, 3.63) is 84.2 Å². The predicted octanol–water partition coefficient (Wildman–Crippen LogP) is 7.45. The number of likely N-dealkylation sites (N-methyl/N-ethyl adjacent to an activating group) is 1. The van der Waals surface area contributed by atoms with E-state index in [1.165, 1.54) is 54.5 Å². The molecule has 37 heavy (non-hydrogen) atoms. The van der Waals surface area contributed by atoms with Crippen LogP contribution >= 0.6 is 0 Å². The lowest BCUT2D eigenvalue weighted by molar-refractivity contribution is -0.709. The summed E-state index contributed by atoms with van der Waals surface area (Å²) in [6.45, 7) is 18.5. The van der Waals surface area contributed by atoms with Gasteiger partial charge in [0.25, 0.3) is 0 Å². The van der Waals surface area contributed by atoms with Crippen molar-refractivity contribution in [2.75, 3.05) is 7.05 Å². The normalized spacial score (nSPS) is 26.2. The molecule has 0 amide bonds. The fourth-order valence-electron chi connectivity index (χ4n) is 7.76. The molecule has 3 heteroatoms. The Morgan fingerprint density at radius 1 is 1.14 bits per heavy atom. The highest BCUT2D eigenvalue weighted by molar-refractivity contribution is 6.89. The highest BCUT2D eigenvalue weighted by Crippen LogP contribution is 2.50. The number of allylic oxidation sites excluding steroid dienone is 4. The SMILES string of the molecule is C=C(/C=C\C)CCC1c2ccccc2-c2cc(CC3CC4CCC3C4)c([Si](C)(C)C)c[n+]2C1C(=C)NC. The van der Waals surface area contributed by atoms with Crippen LogP contribution in [-0.4, -0.2) is 15.1 Å². The van der Waals surface area contributed by atoms with Crippen LogP contribution in [0.4, 0.5) is 0 Å². The van der Waals surface area contributed by atoms with Crippen LogP contribution < -0.4 is 15.1 Å². The van der Waals surface area contributed by atoms with Crippen molar-refractivity contribution in [1.82, 2.24) is 5.32 Å². The van der Waals surface area contributed by atoms with Crippen molar-refractivity contribution in [2.45, 2.75) is 83.5 Å². The van der Waals surface area contributed by atoms with Gasteiger partial charge in [0.1, 0.15) is 0 Å². The van der Waals surface area contributed by atoms with Gasteiger partial charge in [-0.15, -0.1) is 0 Å². The van der Waals surface area contributed by atoms with E-state index >= 15 is 0 Å². The topological polar surface area (TPSA) is 15.9 Å². The lowest BCUT2D eigenvalue weighted by Crippen LogP contribution is -2.55. The second kappa shape index (κ2) is 10.4. The molecule has 1 N–H and O–H groups in total. The number of nitrogens with one attached hydrogen (secondary N) is 1. The van der Waals surface area contributed by atoms with Crippen LogP contribution in [0.25, 0.3) is 11.3 Å². The van der Waals surface area contributed by atoms with Crippen LogP contribution in [0, 0.1) is 17.8 Å². The molecule has 1 aromatic carbocycles. The van der Waals surface area contributed by atoms with Crippen LogP contribution in [0.5, 0.6) is 0 Å². The number of benzene rings is 1. The van der Waals surface area contributed by atoms with E-state index < -0.39 is 8.07 Å². The van der Waals surface area contributed by atoms with Gasteiger partial charge in [0.2, 0.25) is 11.7 Å². The summed E-state index contributed by atoms with van der Waals surface area (Å²) in [7, 11) is 0.470. The first-order valence-corrected chi connectivity index (χ1v) is 18.1. The van der Waals surface area contributed by atoms with Gasteiger partial charge >= 0.3 is 0 Å². The lowest BCUT2D eigenvalue weighted by atomic mass is 9.78. The van der Waals surface area contributed by atoms with Crippen molar-refractivity contribution >= 4 is 13.3 Å². The molecule has 5 unspecified atom stereocenters. The molecule has 2 heterocycles. The number of rotatable bonds is 9. The molecule has 2 aliphatic carbocycles. The molecular formula is C34H47N2Si+. The molecule has 0 spiro atoms. The molecule has 3 aliphatic rings. The molecule has 196 valence electrons. The minimum absolute atomic E-state index is 0.194. The third-order valence-corrected chi connectivity index (χ3v) is 11.6. The first kappa shape index (κ1) is 26.2. The van der Waals surface area contributed by atoms with Crippen LogP contribution in [0.3, 0.4) is 0 Å². The van der Waals surface area contributed by atoms with Crippen molar-refractivity contribution in [1.29, 1.82) is 0 Å². The Bertz CT molecular complexity index is 1220. The molecule has 5 atom stereocenters. The lowest BCUT2D eigenvalue weighted by Gasteiger charge is -2.34. The molecule has 0 radical (unpaired) electrons. The Hall–Kier alpha value is -2.39. The monoisotopic (exact) mass is 511 g/mol. The molecule has 5 rings (SSSR count). The van der Waals surface area contributed by atoms with E-state index in [0.717, 1.165) is 36.3 Å². The highest BCUT2D eigenvalue weighted by Gasteiger charge is 2.44. The maximum atomic E-state index is 4.55. The van der Waals surface area contributed by atoms with Crippen LogP contribution in [-0.2, 0) is 6.42 Å². The summed E-state index contributed by atoms with van der Waals surface area (Å²) in [5.41, 5.74) is 8.18. The molecule has 2 aromatic rings. The average Bonchev–Trinajstić information content (AvgIpc) is 3.49. The molecular weight excluding hydrogens is 464 g/mol. The molecule has 2 fully saturated rings. The summed E-state index contributed by atoms with van der Waals surface area (Å²) in [5.74, 6) is 3.20. The van der Waals surface area contributed by atoms with Crippen LogP contribution in [0.2, 0.25) is 19.6 Å². The van der Waals surface area contributed by atoms with Crippen molar-refractivity contribution in [2.24, 2.45) is 17.8 Å². The number of aromatic nitrogens is 1. The standard InChI is InChI=1S/C34H47N2Si/c1-8-11-23(2)14-17-31-29-12-9-10-13-30(29)32-21-28(20-27-19-25-15-16-26(27)18-25)33(37(5,6)7)22-36(32)34(31)24(3)35-4/h8-13,21-22,25-27,31,34-35H,2-3,14-20H2,1,4-7H3/q+1/b11-8-. The highest BCUT2D eigenvalue weighted by atomic mass is 28.3. The Balaban J connectivity index is 1.62. The fourth-order valence-corrected chi connectivity index (χ4v) is 9.42. The molecule has 2 bridgehead atoms. The molecule has 1 aromatic heterocycles. The minimum Gasteiger partial charge on any atom is -0.387 e. The van der Waals surface area contributed by atoms with Gasteiger partial charge in [-0.3, -0.25) is 0 Å². The molecule has 2 saturated carbocycles. The van der Waals surface area contributed by atoms with E-state index in [-0.39, 0.29) is 6.04 Å². The summed E-state index contributed by atoms with van der Waals surface area (Å²) in [5, 5.41) is 5.10. The average molecular weight is 512 g/mol. The van der Waals surface area contributed by atoms with E-state index in [4.69, 9.17) is 0 Å². The zero-order valence-electron chi connectivity index (χ0n) is 23.8. The van der Waals surface area contributed by atoms with Crippen LogP contribution in [0.15, 0.2) is 73.1 Å². The van der Waals surface area contributed by atoms with Gasteiger partial charge < -0.3 is 5.32 Å². The largest absolute Gasteiger partial charge is 0.387 e. The number of hydrogen-bond acceptors (Lipinski definition) is 1. The van der Waals surface area contributed by atoms with Gasteiger partial charge in [-0.2, -0.15) is 4.57 Å². The van der Waals surface area contributed by atoms with E-state index in [9.17, 15) is 0 Å². The number of pyridine rings is 1. The summed E-state index contributed by atoms with van der Waals surface area (Å²) < 4.78 is 2.60. The molecule has 0 saturated heterocycles.